The van der Waals surface area contributed by atoms with Crippen molar-refractivity contribution in [2.75, 3.05) is 0 Å². The Kier molecular flexibility index (Phi) is 7.49. The number of benzene rings is 9. The van der Waals surface area contributed by atoms with Crippen LogP contribution in [0.25, 0.3) is 110 Å². The van der Waals surface area contributed by atoms with Gasteiger partial charge in [0.25, 0.3) is 0 Å². The normalized spacial score (nSPS) is 11.6. The Balaban J connectivity index is 1.02. The average molecular weight is 712 g/mol. The van der Waals surface area contributed by atoms with Gasteiger partial charge in [-0.1, -0.05) is 170 Å². The molecule has 11 aromatic rings. The number of hydrogen-bond donors (Lipinski definition) is 0. The van der Waals surface area contributed by atoms with Gasteiger partial charge in [0.2, 0.25) is 0 Å². The molecule has 0 atom stereocenters. The first-order valence-electron chi connectivity index (χ1n) is 19.0. The van der Waals surface area contributed by atoms with Crippen LogP contribution < -0.4 is 0 Å². The van der Waals surface area contributed by atoms with Crippen molar-refractivity contribution in [3.05, 3.63) is 200 Å². The van der Waals surface area contributed by atoms with Crippen molar-refractivity contribution in [2.24, 2.45) is 0 Å². The molecule has 2 aromatic heterocycles. The molecule has 0 saturated heterocycles. The minimum atomic E-state index is 0.680. The van der Waals surface area contributed by atoms with Crippen LogP contribution in [0.1, 0.15) is 0 Å². The highest BCUT2D eigenvalue weighted by Gasteiger charge is 2.16. The quantitative estimate of drug-likeness (QED) is 0.161. The van der Waals surface area contributed by atoms with Crippen molar-refractivity contribution in [3.63, 3.8) is 0 Å². The van der Waals surface area contributed by atoms with E-state index < -0.39 is 0 Å². The van der Waals surface area contributed by atoms with E-state index in [4.69, 9.17) is 9.97 Å². The van der Waals surface area contributed by atoms with Crippen LogP contribution in [-0.2, 0) is 0 Å². The molecule has 0 unspecified atom stereocenters. The fourth-order valence-electron chi connectivity index (χ4n) is 8.33. The number of rotatable bonds is 6. The van der Waals surface area contributed by atoms with Gasteiger partial charge < -0.3 is 0 Å². The molecule has 3 nitrogen and oxygen atoms in total. The van der Waals surface area contributed by atoms with Gasteiger partial charge in [0.1, 0.15) is 0 Å². The molecule has 260 valence electrons. The Bertz CT molecular complexity index is 3210. The third-order valence-corrected chi connectivity index (χ3v) is 11.1. The number of fused-ring (bicyclic) bond motifs is 1. The summed E-state index contributed by atoms with van der Waals surface area (Å²) in [6.07, 6.45) is 3.71. The van der Waals surface area contributed by atoms with Gasteiger partial charge in [-0.2, -0.15) is 0 Å². The smallest absolute Gasteiger partial charge is 0.160 e. The van der Waals surface area contributed by atoms with Crippen LogP contribution in [0.5, 0.6) is 0 Å². The molecule has 0 spiro atoms. The second-order valence-electron chi connectivity index (χ2n) is 14.4. The van der Waals surface area contributed by atoms with Gasteiger partial charge in [-0.3, -0.25) is 4.98 Å². The van der Waals surface area contributed by atoms with E-state index in [1.807, 2.05) is 12.3 Å². The summed E-state index contributed by atoms with van der Waals surface area (Å²) in [5.74, 6) is 0.680. The third kappa shape index (κ3) is 5.49. The first-order valence-corrected chi connectivity index (χ1v) is 19.0. The van der Waals surface area contributed by atoms with Crippen molar-refractivity contribution in [3.8, 4) is 67.3 Å². The molecular formula is C53H33N3. The highest BCUT2D eigenvalue weighted by Crippen LogP contribution is 2.40. The topological polar surface area (TPSA) is 38.7 Å². The monoisotopic (exact) mass is 711 g/mol. The molecule has 0 aliphatic heterocycles. The van der Waals surface area contributed by atoms with Crippen LogP contribution in [0, 0.1) is 0 Å². The van der Waals surface area contributed by atoms with Crippen LogP contribution in [-0.4, -0.2) is 15.0 Å². The lowest BCUT2D eigenvalue weighted by atomic mass is 9.89. The molecule has 0 bridgehead atoms. The lowest BCUT2D eigenvalue weighted by Crippen LogP contribution is -1.97. The summed E-state index contributed by atoms with van der Waals surface area (Å²) in [4.78, 5) is 14.9. The average Bonchev–Trinajstić information content (AvgIpc) is 3.28. The van der Waals surface area contributed by atoms with Gasteiger partial charge in [-0.05, 0) is 89.1 Å². The second kappa shape index (κ2) is 13.1. The summed E-state index contributed by atoms with van der Waals surface area (Å²) in [7, 11) is 0. The van der Waals surface area contributed by atoms with Crippen molar-refractivity contribution < 1.29 is 0 Å². The van der Waals surface area contributed by atoms with E-state index in [1.165, 1.54) is 59.8 Å². The fraction of sp³-hybridized carbons (Fsp3) is 0. The Labute approximate surface area is 324 Å². The molecule has 3 heteroatoms. The van der Waals surface area contributed by atoms with Crippen molar-refractivity contribution in [2.45, 2.75) is 0 Å². The molecular weight excluding hydrogens is 679 g/mol. The molecule has 2 heterocycles. The zero-order valence-electron chi connectivity index (χ0n) is 30.4. The first-order chi connectivity index (χ1) is 27.7. The lowest BCUT2D eigenvalue weighted by Gasteiger charge is -2.15. The predicted molar refractivity (Wildman–Crippen MR) is 234 cm³/mol. The standard InChI is InChI=1S/C53H33N3/c1-2-8-42-31-43(25-16-34(42)7-1)35-14-23-41(24-15-35)53-55-49(32-50(56-53)47-13-4-3-12-45(47)44-11-6-30-54-33-44)37-19-17-36(18-20-37)46-28-26-40-22-21-38-9-5-10-39-27-29-48(46)52(40)51(38)39/h1-33H. The highest BCUT2D eigenvalue weighted by atomic mass is 14.9. The van der Waals surface area contributed by atoms with Gasteiger partial charge in [0, 0.05) is 34.6 Å². The summed E-state index contributed by atoms with van der Waals surface area (Å²) in [5, 5.41) is 10.2. The maximum absolute atomic E-state index is 5.24. The van der Waals surface area contributed by atoms with Gasteiger partial charge in [-0.25, -0.2) is 9.97 Å². The second-order valence-corrected chi connectivity index (χ2v) is 14.4. The molecule has 0 fully saturated rings. The number of aromatic nitrogens is 3. The minimum Gasteiger partial charge on any atom is -0.264 e. The molecule has 56 heavy (non-hydrogen) atoms. The molecule has 0 amide bonds. The zero-order chi connectivity index (χ0) is 37.0. The maximum Gasteiger partial charge on any atom is 0.160 e. The molecule has 11 rings (SSSR count). The third-order valence-electron chi connectivity index (χ3n) is 11.1. The highest BCUT2D eigenvalue weighted by molar-refractivity contribution is 6.25. The Morgan fingerprint density at radius 2 is 0.911 bits per heavy atom. The summed E-state index contributed by atoms with van der Waals surface area (Å²) in [6, 6.07) is 67.2. The number of pyridine rings is 1. The summed E-state index contributed by atoms with van der Waals surface area (Å²) < 4.78 is 0. The van der Waals surface area contributed by atoms with Crippen molar-refractivity contribution in [1.29, 1.82) is 0 Å². The van der Waals surface area contributed by atoms with Gasteiger partial charge in [-0.15, -0.1) is 0 Å². The number of nitrogens with zero attached hydrogens (tertiary/aromatic N) is 3. The predicted octanol–water partition coefficient (Wildman–Crippen LogP) is 13.9. The van der Waals surface area contributed by atoms with E-state index in [2.05, 4.69) is 187 Å². The maximum atomic E-state index is 5.24. The van der Waals surface area contributed by atoms with E-state index >= 15 is 0 Å². The molecule has 0 N–H and O–H groups in total. The van der Waals surface area contributed by atoms with Gasteiger partial charge in [0.15, 0.2) is 5.82 Å². The molecule has 9 aromatic carbocycles. The Hall–Kier alpha value is -7.49. The van der Waals surface area contributed by atoms with E-state index in [1.54, 1.807) is 6.20 Å². The van der Waals surface area contributed by atoms with Gasteiger partial charge >= 0.3 is 0 Å². The molecule has 0 radical (unpaired) electrons. The first kappa shape index (κ1) is 32.0. The van der Waals surface area contributed by atoms with Crippen LogP contribution >= 0.6 is 0 Å². The van der Waals surface area contributed by atoms with E-state index in [9.17, 15) is 0 Å². The van der Waals surface area contributed by atoms with Crippen molar-refractivity contribution in [1.82, 2.24) is 15.0 Å². The van der Waals surface area contributed by atoms with Crippen molar-refractivity contribution >= 4 is 43.1 Å². The summed E-state index contributed by atoms with van der Waals surface area (Å²) >= 11 is 0. The fourth-order valence-corrected chi connectivity index (χ4v) is 8.33. The van der Waals surface area contributed by atoms with E-state index in [-0.39, 0.29) is 0 Å². The van der Waals surface area contributed by atoms with Crippen LogP contribution in [0.4, 0.5) is 0 Å². The van der Waals surface area contributed by atoms with Crippen LogP contribution in [0.2, 0.25) is 0 Å². The van der Waals surface area contributed by atoms with Gasteiger partial charge in [0.05, 0.1) is 11.4 Å². The van der Waals surface area contributed by atoms with Crippen LogP contribution in [0.15, 0.2) is 200 Å². The SMILES string of the molecule is c1cncc(-c2ccccc2-c2cc(-c3ccc(-c4ccc5ccc6cccc7ccc4c5c67)cc3)nc(-c3ccc(-c4ccc5ccccc5c4)cc3)n2)c1. The van der Waals surface area contributed by atoms with E-state index in [0.29, 0.717) is 5.82 Å². The Morgan fingerprint density at radius 3 is 1.71 bits per heavy atom. The van der Waals surface area contributed by atoms with E-state index in [0.717, 1.165) is 44.8 Å². The van der Waals surface area contributed by atoms with Crippen LogP contribution in [0.3, 0.4) is 0 Å². The molecule has 0 aliphatic rings. The zero-order valence-corrected chi connectivity index (χ0v) is 30.4. The molecule has 0 saturated carbocycles. The minimum absolute atomic E-state index is 0.680. The molecule has 0 aliphatic carbocycles. The number of hydrogen-bond acceptors (Lipinski definition) is 3. The lowest BCUT2D eigenvalue weighted by molar-refractivity contribution is 1.18. The summed E-state index contributed by atoms with van der Waals surface area (Å²) in [5.41, 5.74) is 11.6. The Morgan fingerprint density at radius 1 is 0.304 bits per heavy atom. The summed E-state index contributed by atoms with van der Waals surface area (Å²) in [6.45, 7) is 0. The largest absolute Gasteiger partial charge is 0.264 e.